The molecule has 1 amide bonds. The molecule has 2 aromatic rings. The average molecular weight is 306 g/mol. The zero-order valence-electron chi connectivity index (χ0n) is 12.1. The lowest BCUT2D eigenvalue weighted by Crippen LogP contribution is -2.13. The molecule has 0 radical (unpaired) electrons. The van der Waals surface area contributed by atoms with Gasteiger partial charge < -0.3 is 14.8 Å². The predicted molar refractivity (Wildman–Crippen MR) is 83.7 cm³/mol. The highest BCUT2D eigenvalue weighted by molar-refractivity contribution is 6.31. The second kappa shape index (κ2) is 6.50. The third-order valence-corrected chi connectivity index (χ3v) is 3.48. The van der Waals surface area contributed by atoms with Gasteiger partial charge in [0.25, 0.3) is 5.91 Å². The van der Waals surface area contributed by atoms with E-state index in [4.69, 9.17) is 21.1 Å². The Balaban J connectivity index is 2.30. The molecule has 0 heterocycles. The molecule has 0 aliphatic rings. The van der Waals surface area contributed by atoms with E-state index in [0.29, 0.717) is 27.8 Å². The second-order valence-electron chi connectivity index (χ2n) is 4.46. The molecule has 0 spiro atoms. The highest BCUT2D eigenvalue weighted by Crippen LogP contribution is 2.31. The van der Waals surface area contributed by atoms with Gasteiger partial charge in [-0.25, -0.2) is 0 Å². The van der Waals surface area contributed by atoms with Gasteiger partial charge in [0.2, 0.25) is 0 Å². The van der Waals surface area contributed by atoms with Crippen molar-refractivity contribution in [1.82, 2.24) is 0 Å². The lowest BCUT2D eigenvalue weighted by molar-refractivity contribution is 0.102. The Labute approximate surface area is 128 Å². The van der Waals surface area contributed by atoms with Gasteiger partial charge in [0.05, 0.1) is 19.8 Å². The highest BCUT2D eigenvalue weighted by atomic mass is 35.5. The van der Waals surface area contributed by atoms with Crippen molar-refractivity contribution in [1.29, 1.82) is 0 Å². The first-order chi connectivity index (χ1) is 10.1. The van der Waals surface area contributed by atoms with E-state index >= 15 is 0 Å². The van der Waals surface area contributed by atoms with Crippen LogP contribution in [-0.2, 0) is 0 Å². The van der Waals surface area contributed by atoms with Gasteiger partial charge in [-0.3, -0.25) is 4.79 Å². The van der Waals surface area contributed by atoms with Crippen LogP contribution in [0.1, 0.15) is 15.9 Å². The van der Waals surface area contributed by atoms with Crippen LogP contribution < -0.4 is 14.8 Å². The maximum absolute atomic E-state index is 12.4. The van der Waals surface area contributed by atoms with Gasteiger partial charge in [-0.1, -0.05) is 23.7 Å². The van der Waals surface area contributed by atoms with Crippen LogP contribution in [0.5, 0.6) is 11.5 Å². The van der Waals surface area contributed by atoms with Gasteiger partial charge in [0, 0.05) is 10.7 Å². The van der Waals surface area contributed by atoms with E-state index in [1.807, 2.05) is 13.0 Å². The third-order valence-electron chi connectivity index (χ3n) is 3.08. The van der Waals surface area contributed by atoms with Gasteiger partial charge in [0.15, 0.2) is 11.5 Å². The highest BCUT2D eigenvalue weighted by Gasteiger charge is 2.16. The van der Waals surface area contributed by atoms with E-state index in [0.717, 1.165) is 5.56 Å². The number of nitrogens with one attached hydrogen (secondary N) is 1. The number of halogens is 1. The topological polar surface area (TPSA) is 47.6 Å². The summed E-state index contributed by atoms with van der Waals surface area (Å²) >= 11 is 6.05. The maximum Gasteiger partial charge on any atom is 0.259 e. The molecular weight excluding hydrogens is 290 g/mol. The summed E-state index contributed by atoms with van der Waals surface area (Å²) < 4.78 is 10.4. The Hall–Kier alpha value is -2.20. The van der Waals surface area contributed by atoms with Crippen LogP contribution in [0.25, 0.3) is 0 Å². The molecule has 0 aliphatic heterocycles. The molecule has 1 N–H and O–H groups in total. The van der Waals surface area contributed by atoms with E-state index in [1.54, 1.807) is 30.3 Å². The smallest absolute Gasteiger partial charge is 0.259 e. The largest absolute Gasteiger partial charge is 0.493 e. The van der Waals surface area contributed by atoms with Gasteiger partial charge in [-0.05, 0) is 36.8 Å². The summed E-state index contributed by atoms with van der Waals surface area (Å²) in [5, 5.41) is 3.40. The van der Waals surface area contributed by atoms with Crippen LogP contribution in [0, 0.1) is 6.92 Å². The number of hydrogen-bond donors (Lipinski definition) is 1. The van der Waals surface area contributed by atoms with E-state index in [9.17, 15) is 4.79 Å². The Morgan fingerprint density at radius 3 is 2.52 bits per heavy atom. The van der Waals surface area contributed by atoms with E-state index in [2.05, 4.69) is 5.32 Å². The minimum Gasteiger partial charge on any atom is -0.493 e. The maximum atomic E-state index is 12.4. The summed E-state index contributed by atoms with van der Waals surface area (Å²) in [5.41, 5.74) is 1.97. The van der Waals surface area contributed by atoms with E-state index in [1.165, 1.54) is 14.2 Å². The number of hydrogen-bond acceptors (Lipinski definition) is 3. The first-order valence-corrected chi connectivity index (χ1v) is 6.73. The van der Waals surface area contributed by atoms with Crippen molar-refractivity contribution in [2.75, 3.05) is 19.5 Å². The monoisotopic (exact) mass is 305 g/mol. The molecular formula is C16H16ClNO3. The van der Waals surface area contributed by atoms with Crippen LogP contribution >= 0.6 is 11.6 Å². The van der Waals surface area contributed by atoms with Crippen LogP contribution in [0.15, 0.2) is 36.4 Å². The molecule has 2 aromatic carbocycles. The fourth-order valence-corrected chi connectivity index (χ4v) is 2.12. The third kappa shape index (κ3) is 3.28. The Kier molecular flexibility index (Phi) is 4.70. The molecule has 21 heavy (non-hydrogen) atoms. The predicted octanol–water partition coefficient (Wildman–Crippen LogP) is 3.92. The lowest BCUT2D eigenvalue weighted by atomic mass is 10.1. The summed E-state index contributed by atoms with van der Waals surface area (Å²) in [6.07, 6.45) is 0. The first kappa shape index (κ1) is 15.2. The minimum atomic E-state index is -0.286. The molecule has 5 heteroatoms. The molecule has 0 saturated carbocycles. The molecule has 110 valence electrons. The number of carbonyl (C=O) groups is 1. The van der Waals surface area contributed by atoms with Gasteiger partial charge in [0.1, 0.15) is 0 Å². The number of ether oxygens (including phenoxy) is 2. The summed E-state index contributed by atoms with van der Waals surface area (Å²) in [6.45, 7) is 1.90. The number of para-hydroxylation sites is 1. The second-order valence-corrected chi connectivity index (χ2v) is 4.87. The normalized spacial score (nSPS) is 10.1. The molecule has 2 rings (SSSR count). The van der Waals surface area contributed by atoms with Crippen molar-refractivity contribution in [2.45, 2.75) is 6.92 Å². The van der Waals surface area contributed by atoms with Crippen molar-refractivity contribution in [2.24, 2.45) is 0 Å². The molecule has 0 aliphatic carbocycles. The number of rotatable bonds is 4. The van der Waals surface area contributed by atoms with Crippen molar-refractivity contribution >= 4 is 23.2 Å². The number of benzene rings is 2. The minimum absolute atomic E-state index is 0.286. The average Bonchev–Trinajstić information content (AvgIpc) is 2.49. The number of methoxy groups -OCH3 is 2. The van der Waals surface area contributed by atoms with Crippen molar-refractivity contribution in [3.63, 3.8) is 0 Å². The molecule has 4 nitrogen and oxygen atoms in total. The van der Waals surface area contributed by atoms with E-state index in [-0.39, 0.29) is 5.91 Å². The van der Waals surface area contributed by atoms with E-state index < -0.39 is 0 Å². The quantitative estimate of drug-likeness (QED) is 0.931. The first-order valence-electron chi connectivity index (χ1n) is 6.35. The van der Waals surface area contributed by atoms with Crippen LogP contribution in [0.2, 0.25) is 5.02 Å². The van der Waals surface area contributed by atoms with Gasteiger partial charge in [-0.2, -0.15) is 0 Å². The molecule has 0 bridgehead atoms. The number of aryl methyl sites for hydroxylation is 1. The van der Waals surface area contributed by atoms with Crippen molar-refractivity contribution in [3.05, 3.63) is 52.5 Å². The molecule has 0 unspecified atom stereocenters. The Bertz CT molecular complexity index is 671. The number of anilines is 1. The van der Waals surface area contributed by atoms with Crippen LogP contribution in [0.3, 0.4) is 0 Å². The SMILES string of the molecule is COc1cccc(C(=O)Nc2ccc(C)c(Cl)c2)c1OC. The standard InChI is InChI=1S/C16H16ClNO3/c1-10-7-8-11(9-13(10)17)18-16(19)12-5-4-6-14(20-2)15(12)21-3/h4-9H,1-3H3,(H,18,19). The van der Waals surface area contributed by atoms with Crippen LogP contribution in [-0.4, -0.2) is 20.1 Å². The van der Waals surface area contributed by atoms with Gasteiger partial charge >= 0.3 is 0 Å². The Morgan fingerprint density at radius 2 is 1.90 bits per heavy atom. The number of carbonyl (C=O) groups excluding carboxylic acids is 1. The van der Waals surface area contributed by atoms with Crippen molar-refractivity contribution in [3.8, 4) is 11.5 Å². The lowest BCUT2D eigenvalue weighted by Gasteiger charge is -2.13. The summed E-state index contributed by atoms with van der Waals surface area (Å²) in [6, 6.07) is 10.5. The zero-order chi connectivity index (χ0) is 15.4. The van der Waals surface area contributed by atoms with Crippen LogP contribution in [0.4, 0.5) is 5.69 Å². The summed E-state index contributed by atoms with van der Waals surface area (Å²) in [7, 11) is 3.02. The Morgan fingerprint density at radius 1 is 1.14 bits per heavy atom. The molecule has 0 fully saturated rings. The van der Waals surface area contributed by atoms with Crippen molar-refractivity contribution < 1.29 is 14.3 Å². The molecule has 0 aromatic heterocycles. The summed E-state index contributed by atoms with van der Waals surface area (Å²) in [5.74, 6) is 0.619. The zero-order valence-corrected chi connectivity index (χ0v) is 12.8. The fraction of sp³-hybridized carbons (Fsp3) is 0.188. The molecule has 0 saturated heterocycles. The number of amides is 1. The summed E-state index contributed by atoms with van der Waals surface area (Å²) in [4.78, 5) is 12.4. The van der Waals surface area contributed by atoms with Gasteiger partial charge in [-0.15, -0.1) is 0 Å². The molecule has 0 atom stereocenters. The fourth-order valence-electron chi connectivity index (χ4n) is 1.93.